The number of anilines is 2. The third-order valence-corrected chi connectivity index (χ3v) is 6.35. The molecule has 0 bridgehead atoms. The van der Waals surface area contributed by atoms with Gasteiger partial charge in [0.2, 0.25) is 5.91 Å². The Morgan fingerprint density at radius 2 is 1.69 bits per heavy atom. The molecule has 0 aliphatic carbocycles. The quantitative estimate of drug-likeness (QED) is 0.712. The number of hydrogen-bond donors (Lipinski definition) is 1. The average Bonchev–Trinajstić information content (AvgIpc) is 2.80. The van der Waals surface area contributed by atoms with Crippen LogP contribution < -0.4 is 10.2 Å². The number of aromatic nitrogens is 1. The fourth-order valence-corrected chi connectivity index (χ4v) is 4.50. The zero-order chi connectivity index (χ0) is 22.5. The van der Waals surface area contributed by atoms with Crippen LogP contribution in [0.25, 0.3) is 0 Å². The summed E-state index contributed by atoms with van der Waals surface area (Å²) >= 11 is 12.2. The van der Waals surface area contributed by atoms with Crippen LogP contribution in [-0.4, -0.2) is 72.4 Å². The Balaban J connectivity index is 1.39. The van der Waals surface area contributed by atoms with E-state index in [9.17, 15) is 9.59 Å². The minimum Gasteiger partial charge on any atom is -0.352 e. The number of benzene rings is 1. The summed E-state index contributed by atoms with van der Waals surface area (Å²) < 4.78 is 0. The second-order valence-corrected chi connectivity index (χ2v) is 9.07. The summed E-state index contributed by atoms with van der Waals surface area (Å²) in [6.45, 7) is 5.15. The number of pyridine rings is 1. The molecular formula is C23H27Cl2N5O2. The fourth-order valence-electron chi connectivity index (χ4n) is 4.15. The molecule has 1 N–H and O–H groups in total. The second-order valence-electron chi connectivity index (χ2n) is 8.19. The molecule has 2 amide bonds. The molecule has 1 aromatic carbocycles. The van der Waals surface area contributed by atoms with Gasteiger partial charge in [0.15, 0.2) is 5.82 Å². The van der Waals surface area contributed by atoms with Crippen molar-refractivity contribution in [2.45, 2.75) is 19.3 Å². The van der Waals surface area contributed by atoms with Crippen LogP contribution in [-0.2, 0) is 4.79 Å². The van der Waals surface area contributed by atoms with Gasteiger partial charge in [0.05, 0.1) is 17.3 Å². The van der Waals surface area contributed by atoms with E-state index in [0.29, 0.717) is 46.7 Å². The number of nitrogens with one attached hydrogen (secondary N) is 1. The minimum atomic E-state index is -0.274. The van der Waals surface area contributed by atoms with Crippen LogP contribution in [0.5, 0.6) is 0 Å². The Labute approximate surface area is 198 Å². The smallest absolute Gasteiger partial charge is 0.255 e. The molecule has 0 atom stereocenters. The van der Waals surface area contributed by atoms with E-state index in [4.69, 9.17) is 23.2 Å². The van der Waals surface area contributed by atoms with Crippen molar-refractivity contribution >= 4 is 46.5 Å². The third-order valence-electron chi connectivity index (χ3n) is 5.91. The van der Waals surface area contributed by atoms with E-state index in [1.54, 1.807) is 36.5 Å². The summed E-state index contributed by atoms with van der Waals surface area (Å²) in [4.78, 5) is 36.1. The number of hydrogen-bond acceptors (Lipinski definition) is 5. The number of amides is 2. The van der Waals surface area contributed by atoms with Gasteiger partial charge in [0.25, 0.3) is 5.91 Å². The molecule has 0 unspecified atom stereocenters. The maximum absolute atomic E-state index is 12.7. The van der Waals surface area contributed by atoms with Gasteiger partial charge < -0.3 is 15.1 Å². The zero-order valence-electron chi connectivity index (χ0n) is 17.9. The van der Waals surface area contributed by atoms with Crippen LogP contribution in [0.1, 0.15) is 29.6 Å². The molecule has 0 radical (unpaired) electrons. The molecule has 4 rings (SSSR count). The molecule has 0 spiro atoms. The van der Waals surface area contributed by atoms with Crippen molar-refractivity contribution in [1.82, 2.24) is 14.8 Å². The fraction of sp³-hybridized carbons (Fsp3) is 0.435. The van der Waals surface area contributed by atoms with Crippen LogP contribution in [0.3, 0.4) is 0 Å². The average molecular weight is 476 g/mol. The van der Waals surface area contributed by atoms with Crippen molar-refractivity contribution in [3.8, 4) is 0 Å². The van der Waals surface area contributed by atoms with Crippen LogP contribution >= 0.6 is 23.2 Å². The molecule has 7 nitrogen and oxygen atoms in total. The summed E-state index contributed by atoms with van der Waals surface area (Å²) in [6.07, 6.45) is 5.00. The lowest BCUT2D eigenvalue weighted by molar-refractivity contribution is -0.133. The van der Waals surface area contributed by atoms with Gasteiger partial charge in [-0.2, -0.15) is 0 Å². The first-order chi connectivity index (χ1) is 15.5. The van der Waals surface area contributed by atoms with Gasteiger partial charge in [0, 0.05) is 56.1 Å². The third kappa shape index (κ3) is 5.71. The van der Waals surface area contributed by atoms with E-state index in [1.807, 2.05) is 4.90 Å². The largest absolute Gasteiger partial charge is 0.352 e. The van der Waals surface area contributed by atoms with E-state index in [2.05, 4.69) is 20.1 Å². The molecule has 2 aromatic rings. The molecule has 2 saturated heterocycles. The molecule has 2 aliphatic heterocycles. The van der Waals surface area contributed by atoms with Crippen molar-refractivity contribution in [3.63, 3.8) is 0 Å². The Hall–Kier alpha value is -2.35. The molecule has 32 heavy (non-hydrogen) atoms. The summed E-state index contributed by atoms with van der Waals surface area (Å²) in [5, 5.41) is 3.86. The highest BCUT2D eigenvalue weighted by atomic mass is 35.5. The number of piperazine rings is 1. The lowest BCUT2D eigenvalue weighted by Gasteiger charge is -2.37. The molecule has 170 valence electrons. The van der Waals surface area contributed by atoms with Crippen LogP contribution in [0.2, 0.25) is 10.0 Å². The number of carbonyl (C=O) groups excluding carboxylic acids is 2. The van der Waals surface area contributed by atoms with Gasteiger partial charge in [-0.05, 0) is 43.5 Å². The summed E-state index contributed by atoms with van der Waals surface area (Å²) in [6, 6.07) is 8.49. The van der Waals surface area contributed by atoms with Gasteiger partial charge in [0.1, 0.15) is 0 Å². The molecule has 2 aliphatic rings. The Morgan fingerprint density at radius 3 is 2.41 bits per heavy atom. The van der Waals surface area contributed by atoms with Gasteiger partial charge in [-0.3, -0.25) is 14.5 Å². The van der Waals surface area contributed by atoms with E-state index >= 15 is 0 Å². The number of halogens is 2. The standard InChI is InChI=1S/C23H27Cl2N5O2/c24-18-6-4-5-17(13-18)23(32)27-20-14-19(25)15-26-22(20)30-11-9-28(10-12-30)16-21(31)29-7-2-1-3-8-29/h4-6,13-15H,1-3,7-12,16H2,(H,27,32). The first-order valence-electron chi connectivity index (χ1n) is 11.0. The van der Waals surface area contributed by atoms with E-state index in [-0.39, 0.29) is 11.8 Å². The highest BCUT2D eigenvalue weighted by Crippen LogP contribution is 2.28. The predicted molar refractivity (Wildman–Crippen MR) is 128 cm³/mol. The summed E-state index contributed by atoms with van der Waals surface area (Å²) in [7, 11) is 0. The van der Waals surface area contributed by atoms with Crippen molar-refractivity contribution in [1.29, 1.82) is 0 Å². The predicted octanol–water partition coefficient (Wildman–Crippen LogP) is 3.78. The van der Waals surface area contributed by atoms with Crippen molar-refractivity contribution < 1.29 is 9.59 Å². The highest BCUT2D eigenvalue weighted by molar-refractivity contribution is 6.31. The second kappa shape index (κ2) is 10.5. The normalized spacial score (nSPS) is 17.3. The summed E-state index contributed by atoms with van der Waals surface area (Å²) in [5.74, 6) is 0.618. The number of rotatable bonds is 5. The van der Waals surface area contributed by atoms with Crippen molar-refractivity contribution in [2.24, 2.45) is 0 Å². The number of piperidine rings is 1. The molecule has 0 saturated carbocycles. The number of likely N-dealkylation sites (tertiary alicyclic amines) is 1. The van der Waals surface area contributed by atoms with E-state index in [0.717, 1.165) is 39.0 Å². The summed E-state index contributed by atoms with van der Waals surface area (Å²) in [5.41, 5.74) is 1.02. The topological polar surface area (TPSA) is 68.8 Å². The number of nitrogens with zero attached hydrogens (tertiary/aromatic N) is 4. The Kier molecular flexibility index (Phi) is 7.50. The SMILES string of the molecule is O=C(Nc1cc(Cl)cnc1N1CCN(CC(=O)N2CCCCC2)CC1)c1cccc(Cl)c1. The minimum absolute atomic E-state index is 0.220. The van der Waals surface area contributed by atoms with Gasteiger partial charge >= 0.3 is 0 Å². The van der Waals surface area contributed by atoms with Crippen molar-refractivity contribution in [2.75, 3.05) is 56.0 Å². The zero-order valence-corrected chi connectivity index (χ0v) is 19.4. The maximum Gasteiger partial charge on any atom is 0.255 e. The van der Waals surface area contributed by atoms with Crippen LogP contribution in [0.4, 0.5) is 11.5 Å². The van der Waals surface area contributed by atoms with Crippen LogP contribution in [0.15, 0.2) is 36.5 Å². The van der Waals surface area contributed by atoms with Crippen LogP contribution in [0, 0.1) is 0 Å². The van der Waals surface area contributed by atoms with Gasteiger partial charge in [-0.15, -0.1) is 0 Å². The first-order valence-corrected chi connectivity index (χ1v) is 11.7. The lowest BCUT2D eigenvalue weighted by atomic mass is 10.1. The first kappa shape index (κ1) is 22.8. The van der Waals surface area contributed by atoms with Crippen molar-refractivity contribution in [3.05, 3.63) is 52.1 Å². The van der Waals surface area contributed by atoms with Gasteiger partial charge in [-0.25, -0.2) is 4.98 Å². The molecule has 3 heterocycles. The monoisotopic (exact) mass is 475 g/mol. The molecule has 9 heteroatoms. The molecular weight excluding hydrogens is 449 g/mol. The van der Waals surface area contributed by atoms with E-state index < -0.39 is 0 Å². The van der Waals surface area contributed by atoms with E-state index in [1.165, 1.54) is 6.42 Å². The lowest BCUT2D eigenvalue weighted by Crippen LogP contribution is -2.51. The Bertz CT molecular complexity index is 973. The van der Waals surface area contributed by atoms with Gasteiger partial charge in [-0.1, -0.05) is 29.3 Å². The molecule has 2 fully saturated rings. The maximum atomic E-state index is 12.7. The highest BCUT2D eigenvalue weighted by Gasteiger charge is 2.25. The Morgan fingerprint density at radius 1 is 0.938 bits per heavy atom. The number of carbonyl (C=O) groups is 2. The molecule has 1 aromatic heterocycles.